The molecule has 1 aliphatic rings. The largest absolute Gasteiger partial charge is 0.460 e. The van der Waals surface area contributed by atoms with E-state index >= 15 is 0 Å². The molecule has 1 aromatic rings. The fourth-order valence-electron chi connectivity index (χ4n) is 3.59. The van der Waals surface area contributed by atoms with Gasteiger partial charge in [-0.15, -0.1) is 23.1 Å². The molecule has 1 aromatic heterocycles. The number of thiazole rings is 1. The molecule has 0 saturated carbocycles. The molecule has 0 saturated heterocycles. The van der Waals surface area contributed by atoms with Crippen LogP contribution in [0, 0.1) is 5.92 Å². The minimum absolute atomic E-state index is 0.0577. The van der Waals surface area contributed by atoms with Crippen LogP contribution in [0.4, 0.5) is 4.79 Å². The van der Waals surface area contributed by atoms with Gasteiger partial charge in [0.1, 0.15) is 44.6 Å². The fourth-order valence-corrected chi connectivity index (χ4v) is 5.52. The Labute approximate surface area is 256 Å². The van der Waals surface area contributed by atoms with Gasteiger partial charge in [0.2, 0.25) is 5.91 Å². The van der Waals surface area contributed by atoms with Crippen molar-refractivity contribution in [2.24, 2.45) is 10.9 Å². The SMILES string of the molecule is C=C[C@H](CCC(=O)OC(C)(C)C)OC(=O)[C@@H](NC(=O)[C@]1(C)CSC(c2csc(CNC(=O)OC(C)(C)C)n2)=N1)C(C)C. The molecule has 0 bridgehead atoms. The van der Waals surface area contributed by atoms with Gasteiger partial charge in [-0.3, -0.25) is 14.6 Å². The van der Waals surface area contributed by atoms with Gasteiger partial charge < -0.3 is 24.8 Å². The number of carbonyl (C=O) groups is 4. The van der Waals surface area contributed by atoms with E-state index in [1.54, 1.807) is 62.3 Å². The first-order chi connectivity index (χ1) is 19.3. The Morgan fingerprint density at radius 1 is 1.12 bits per heavy atom. The van der Waals surface area contributed by atoms with Gasteiger partial charge >= 0.3 is 18.0 Å². The first kappa shape index (κ1) is 35.3. The van der Waals surface area contributed by atoms with Crippen LogP contribution in [0.25, 0.3) is 0 Å². The van der Waals surface area contributed by atoms with Gasteiger partial charge in [0, 0.05) is 17.6 Å². The summed E-state index contributed by atoms with van der Waals surface area (Å²) >= 11 is 2.76. The van der Waals surface area contributed by atoms with Crippen LogP contribution in [0.5, 0.6) is 0 Å². The third-order valence-corrected chi connectivity index (χ3v) is 7.80. The van der Waals surface area contributed by atoms with Gasteiger partial charge in [0.05, 0.1) is 6.54 Å². The maximum absolute atomic E-state index is 13.4. The molecule has 13 heteroatoms. The van der Waals surface area contributed by atoms with Crippen LogP contribution >= 0.6 is 23.1 Å². The van der Waals surface area contributed by atoms with Crippen molar-refractivity contribution in [1.82, 2.24) is 15.6 Å². The normalized spacial score (nSPS) is 18.5. The molecule has 42 heavy (non-hydrogen) atoms. The number of amides is 2. The highest BCUT2D eigenvalue weighted by atomic mass is 32.2. The third-order valence-electron chi connectivity index (χ3n) is 5.67. The second-order valence-corrected chi connectivity index (χ2v) is 14.4. The molecule has 1 aliphatic heterocycles. The molecular formula is C29H44N4O7S2. The molecule has 234 valence electrons. The lowest BCUT2D eigenvalue weighted by Crippen LogP contribution is -2.53. The van der Waals surface area contributed by atoms with Crippen LogP contribution in [0.1, 0.15) is 85.9 Å². The summed E-state index contributed by atoms with van der Waals surface area (Å²) in [6, 6.07) is -0.924. The molecule has 2 rings (SSSR count). The van der Waals surface area contributed by atoms with Gasteiger partial charge in [0.15, 0.2) is 0 Å². The molecule has 0 unspecified atom stereocenters. The molecule has 2 N–H and O–H groups in total. The lowest BCUT2D eigenvalue weighted by atomic mass is 10.0. The van der Waals surface area contributed by atoms with E-state index < -0.39 is 52.8 Å². The molecule has 0 radical (unpaired) electrons. The van der Waals surface area contributed by atoms with Gasteiger partial charge in [0.25, 0.3) is 0 Å². The Morgan fingerprint density at radius 3 is 2.33 bits per heavy atom. The molecule has 2 amide bonds. The number of thioether (sulfide) groups is 1. The van der Waals surface area contributed by atoms with Gasteiger partial charge in [-0.2, -0.15) is 0 Å². The number of ether oxygens (including phenoxy) is 3. The van der Waals surface area contributed by atoms with E-state index in [1.165, 1.54) is 29.2 Å². The van der Waals surface area contributed by atoms with Crippen LogP contribution < -0.4 is 10.6 Å². The third kappa shape index (κ3) is 11.4. The summed E-state index contributed by atoms with van der Waals surface area (Å²) in [4.78, 5) is 59.6. The number of hydrogen-bond donors (Lipinski definition) is 2. The topological polar surface area (TPSA) is 145 Å². The van der Waals surface area contributed by atoms with Crippen LogP contribution in [0.2, 0.25) is 0 Å². The lowest BCUT2D eigenvalue weighted by molar-refractivity contribution is -0.158. The Kier molecular flexibility index (Phi) is 12.2. The summed E-state index contributed by atoms with van der Waals surface area (Å²) in [6.07, 6.45) is 0.486. The zero-order valence-electron chi connectivity index (χ0n) is 26.0. The van der Waals surface area contributed by atoms with Crippen molar-refractivity contribution in [3.05, 3.63) is 28.7 Å². The van der Waals surface area contributed by atoms with Crippen LogP contribution in [0.15, 0.2) is 23.0 Å². The quantitative estimate of drug-likeness (QED) is 0.191. The number of aromatic nitrogens is 1. The Balaban J connectivity index is 2.00. The van der Waals surface area contributed by atoms with Crippen LogP contribution in [0.3, 0.4) is 0 Å². The highest BCUT2D eigenvalue weighted by Crippen LogP contribution is 2.32. The summed E-state index contributed by atoms with van der Waals surface area (Å²) in [7, 11) is 0. The first-order valence-electron chi connectivity index (χ1n) is 13.8. The summed E-state index contributed by atoms with van der Waals surface area (Å²) in [6.45, 7) is 19.9. The predicted molar refractivity (Wildman–Crippen MR) is 165 cm³/mol. The summed E-state index contributed by atoms with van der Waals surface area (Å²) in [5.41, 5.74) is -1.72. The number of nitrogens with one attached hydrogen (secondary N) is 2. The number of alkyl carbamates (subject to hydrolysis) is 1. The van der Waals surface area contributed by atoms with Crippen molar-refractivity contribution in [2.75, 3.05) is 5.75 Å². The van der Waals surface area contributed by atoms with E-state index in [1.807, 2.05) is 5.38 Å². The van der Waals surface area contributed by atoms with E-state index in [-0.39, 0.29) is 25.3 Å². The molecule has 3 atom stereocenters. The van der Waals surface area contributed by atoms with E-state index in [0.29, 0.717) is 21.5 Å². The van der Waals surface area contributed by atoms with Crippen LogP contribution in [-0.4, -0.2) is 68.6 Å². The van der Waals surface area contributed by atoms with Crippen molar-refractivity contribution < 1.29 is 33.4 Å². The molecule has 0 spiro atoms. The van der Waals surface area contributed by atoms with E-state index in [4.69, 9.17) is 14.2 Å². The Bertz CT molecular complexity index is 1180. The zero-order valence-corrected chi connectivity index (χ0v) is 27.6. The number of hydrogen-bond acceptors (Lipinski definition) is 11. The van der Waals surface area contributed by atoms with E-state index in [9.17, 15) is 19.2 Å². The van der Waals surface area contributed by atoms with Crippen molar-refractivity contribution >= 4 is 52.1 Å². The second-order valence-electron chi connectivity index (χ2n) is 12.5. The fraction of sp³-hybridized carbons (Fsp3) is 0.655. The van der Waals surface area contributed by atoms with Gasteiger partial charge in [-0.05, 0) is 60.8 Å². The number of esters is 2. The zero-order chi connectivity index (χ0) is 31.9. The standard InChI is InChI=1S/C29H44N4O7S2/c1-11-18(12-13-21(34)39-27(4,5)6)38-24(35)22(17(2)3)32-25(36)29(10)16-42-23(33-29)19-15-41-20(31-19)14-30-26(37)40-28(7,8)9/h11,15,17-18,22H,1,12-14,16H2,2-10H3,(H,30,37)(H,32,36)/t18-,22+,29+/m1/s1. The minimum Gasteiger partial charge on any atom is -0.460 e. The number of aliphatic imine (C=N–C) groups is 1. The average molecular weight is 625 g/mol. The lowest BCUT2D eigenvalue weighted by Gasteiger charge is -2.27. The smallest absolute Gasteiger partial charge is 0.408 e. The van der Waals surface area contributed by atoms with Crippen molar-refractivity contribution in [1.29, 1.82) is 0 Å². The maximum atomic E-state index is 13.4. The summed E-state index contributed by atoms with van der Waals surface area (Å²) in [5, 5.41) is 8.59. The van der Waals surface area contributed by atoms with Crippen molar-refractivity contribution in [3.8, 4) is 0 Å². The Morgan fingerprint density at radius 2 is 1.76 bits per heavy atom. The highest BCUT2D eigenvalue weighted by Gasteiger charge is 2.41. The summed E-state index contributed by atoms with van der Waals surface area (Å²) in [5.74, 6) is -1.33. The summed E-state index contributed by atoms with van der Waals surface area (Å²) < 4.78 is 16.2. The predicted octanol–water partition coefficient (Wildman–Crippen LogP) is 4.78. The number of carbonyl (C=O) groups excluding carboxylic acids is 4. The highest BCUT2D eigenvalue weighted by molar-refractivity contribution is 8.14. The molecule has 0 aromatic carbocycles. The van der Waals surface area contributed by atoms with Crippen LogP contribution in [-0.2, 0) is 35.1 Å². The second kappa shape index (κ2) is 14.5. The number of nitrogens with zero attached hydrogens (tertiary/aromatic N) is 2. The van der Waals surface area contributed by atoms with Crippen molar-refractivity contribution in [2.45, 2.75) is 111 Å². The maximum Gasteiger partial charge on any atom is 0.408 e. The van der Waals surface area contributed by atoms with Gasteiger partial charge in [-0.25, -0.2) is 14.6 Å². The molecule has 0 aliphatic carbocycles. The van der Waals surface area contributed by atoms with E-state index in [0.717, 1.165) is 0 Å². The first-order valence-corrected chi connectivity index (χ1v) is 15.7. The molecule has 2 heterocycles. The van der Waals surface area contributed by atoms with Crippen molar-refractivity contribution in [3.63, 3.8) is 0 Å². The monoisotopic (exact) mass is 624 g/mol. The van der Waals surface area contributed by atoms with E-state index in [2.05, 4.69) is 27.2 Å². The minimum atomic E-state index is -1.12. The molecule has 0 fully saturated rings. The van der Waals surface area contributed by atoms with Gasteiger partial charge in [-0.1, -0.05) is 26.5 Å². The average Bonchev–Trinajstić information content (AvgIpc) is 3.48. The molecular weight excluding hydrogens is 580 g/mol. The molecule has 11 nitrogen and oxygen atoms in total. The Hall–Kier alpha value is -2.93. The number of rotatable bonds is 12.